The van der Waals surface area contributed by atoms with Gasteiger partial charge < -0.3 is 19.6 Å². The lowest BCUT2D eigenvalue weighted by Gasteiger charge is -2.30. The van der Waals surface area contributed by atoms with Gasteiger partial charge in [-0.3, -0.25) is 4.79 Å². The molecule has 2 rings (SSSR count). The number of aromatic amines is 1. The molecule has 2 amide bonds. The quantitative estimate of drug-likeness (QED) is 0.710. The van der Waals surface area contributed by atoms with E-state index in [4.69, 9.17) is 9.47 Å². The fourth-order valence-corrected chi connectivity index (χ4v) is 3.55. The zero-order valence-electron chi connectivity index (χ0n) is 18.8. The van der Waals surface area contributed by atoms with Crippen LogP contribution in [-0.2, 0) is 19.7 Å². The molecule has 1 saturated carbocycles. The second kappa shape index (κ2) is 8.28. The number of ether oxygens (including phenoxy) is 2. The maximum Gasteiger partial charge on any atom is 0.419 e. The number of carbonyl (C=O) groups is 3. The van der Waals surface area contributed by atoms with E-state index in [2.05, 4.69) is 9.97 Å². The van der Waals surface area contributed by atoms with Gasteiger partial charge in [-0.2, -0.15) is 0 Å². The molecule has 0 saturated heterocycles. The Morgan fingerprint density at radius 2 is 1.73 bits per heavy atom. The molecule has 0 spiro atoms. The highest BCUT2D eigenvalue weighted by atomic mass is 16.6. The standard InChI is InChI=1S/C21H33N3O6/c1-13(8-14-9-21(14,16(25)26)15-10-22-12-23-15)11-24(17(27)29-19(2,3)4)18(28)30-20(5,6)7/h10,12-14H,8-9,11H2,1-7H3,(H,22,23)(H,25,26). The Morgan fingerprint density at radius 1 is 1.20 bits per heavy atom. The summed E-state index contributed by atoms with van der Waals surface area (Å²) in [5.41, 5.74) is -1.96. The number of carbonyl (C=O) groups excluding carboxylic acids is 2. The number of imide groups is 1. The molecule has 9 heteroatoms. The van der Waals surface area contributed by atoms with Crippen molar-refractivity contribution >= 4 is 18.2 Å². The van der Waals surface area contributed by atoms with E-state index >= 15 is 0 Å². The van der Waals surface area contributed by atoms with Gasteiger partial charge in [-0.05, 0) is 66.2 Å². The predicted octanol–water partition coefficient (Wildman–Crippen LogP) is 3.95. The number of amides is 2. The fourth-order valence-electron chi connectivity index (χ4n) is 3.55. The van der Waals surface area contributed by atoms with E-state index in [0.29, 0.717) is 18.5 Å². The highest BCUT2D eigenvalue weighted by Gasteiger charge is 2.62. The number of carboxylic acids is 1. The molecule has 30 heavy (non-hydrogen) atoms. The van der Waals surface area contributed by atoms with Crippen molar-refractivity contribution in [1.82, 2.24) is 14.9 Å². The number of nitrogens with one attached hydrogen (secondary N) is 1. The molecule has 3 atom stereocenters. The molecule has 1 aliphatic rings. The first-order valence-corrected chi connectivity index (χ1v) is 10.1. The summed E-state index contributed by atoms with van der Waals surface area (Å²) in [6.45, 7) is 12.3. The maximum atomic E-state index is 12.6. The fraction of sp³-hybridized carbons (Fsp3) is 0.714. The third-order valence-corrected chi connectivity index (χ3v) is 4.87. The van der Waals surface area contributed by atoms with Gasteiger partial charge in [-0.25, -0.2) is 19.5 Å². The summed E-state index contributed by atoms with van der Waals surface area (Å²) in [4.78, 5) is 45.0. The minimum Gasteiger partial charge on any atom is -0.481 e. The van der Waals surface area contributed by atoms with E-state index in [1.165, 1.54) is 12.5 Å². The third-order valence-electron chi connectivity index (χ3n) is 4.87. The lowest BCUT2D eigenvalue weighted by Crippen LogP contribution is -2.45. The van der Waals surface area contributed by atoms with Crippen molar-refractivity contribution in [3.63, 3.8) is 0 Å². The average molecular weight is 424 g/mol. The molecule has 0 aromatic carbocycles. The van der Waals surface area contributed by atoms with Crippen LogP contribution in [0.25, 0.3) is 0 Å². The Morgan fingerprint density at radius 3 is 2.13 bits per heavy atom. The number of H-pyrrole nitrogens is 1. The van der Waals surface area contributed by atoms with Crippen LogP contribution in [0.15, 0.2) is 12.5 Å². The molecule has 1 fully saturated rings. The van der Waals surface area contributed by atoms with E-state index in [1.807, 2.05) is 6.92 Å². The lowest BCUT2D eigenvalue weighted by molar-refractivity contribution is -0.140. The normalized spacial score (nSPS) is 22.2. The smallest absolute Gasteiger partial charge is 0.419 e. The average Bonchev–Trinajstić information content (AvgIpc) is 3.00. The number of rotatable bonds is 6. The van der Waals surface area contributed by atoms with Gasteiger partial charge in [0.15, 0.2) is 0 Å². The Hall–Kier alpha value is -2.58. The number of nitrogens with zero attached hydrogens (tertiary/aromatic N) is 2. The van der Waals surface area contributed by atoms with Crippen LogP contribution >= 0.6 is 0 Å². The Kier molecular flexibility index (Phi) is 6.54. The number of aromatic nitrogens is 2. The van der Waals surface area contributed by atoms with Crippen LogP contribution in [0.2, 0.25) is 0 Å². The number of hydrogen-bond donors (Lipinski definition) is 2. The summed E-state index contributed by atoms with van der Waals surface area (Å²) in [5.74, 6) is -1.18. The zero-order valence-corrected chi connectivity index (χ0v) is 18.8. The number of carboxylic acid groups (broad SMARTS) is 1. The molecule has 9 nitrogen and oxygen atoms in total. The van der Waals surface area contributed by atoms with Crippen molar-refractivity contribution in [2.75, 3.05) is 6.54 Å². The number of imidazole rings is 1. The third kappa shape index (κ3) is 5.73. The molecule has 1 aromatic heterocycles. The second-order valence-electron chi connectivity index (χ2n) is 10.1. The van der Waals surface area contributed by atoms with Crippen molar-refractivity contribution in [3.05, 3.63) is 18.2 Å². The van der Waals surface area contributed by atoms with E-state index in [0.717, 1.165) is 4.90 Å². The van der Waals surface area contributed by atoms with E-state index in [9.17, 15) is 19.5 Å². The topological polar surface area (TPSA) is 122 Å². The van der Waals surface area contributed by atoms with Gasteiger partial charge in [-0.1, -0.05) is 6.92 Å². The first kappa shape index (κ1) is 23.7. The van der Waals surface area contributed by atoms with Crippen molar-refractivity contribution in [2.24, 2.45) is 11.8 Å². The van der Waals surface area contributed by atoms with Gasteiger partial charge in [0, 0.05) is 12.7 Å². The summed E-state index contributed by atoms with van der Waals surface area (Å²) in [7, 11) is 0. The van der Waals surface area contributed by atoms with Gasteiger partial charge >= 0.3 is 18.2 Å². The van der Waals surface area contributed by atoms with Crippen LogP contribution in [0.1, 0.15) is 67.0 Å². The molecule has 168 valence electrons. The minimum absolute atomic E-state index is 0.0685. The first-order chi connectivity index (χ1) is 13.7. The molecular weight excluding hydrogens is 390 g/mol. The number of hydrogen-bond acceptors (Lipinski definition) is 6. The first-order valence-electron chi connectivity index (χ1n) is 10.1. The van der Waals surface area contributed by atoms with Crippen LogP contribution in [0.5, 0.6) is 0 Å². The second-order valence-corrected chi connectivity index (χ2v) is 10.1. The van der Waals surface area contributed by atoms with E-state index in [1.54, 1.807) is 41.5 Å². The summed E-state index contributed by atoms with van der Waals surface area (Å²) >= 11 is 0. The van der Waals surface area contributed by atoms with Gasteiger partial charge in [0.2, 0.25) is 0 Å². The van der Waals surface area contributed by atoms with Crippen LogP contribution in [0, 0.1) is 11.8 Å². The molecule has 1 aliphatic carbocycles. The van der Waals surface area contributed by atoms with Crippen molar-refractivity contribution in [1.29, 1.82) is 0 Å². The molecule has 1 aromatic rings. The number of aliphatic carboxylic acids is 1. The molecule has 0 bridgehead atoms. The van der Waals surface area contributed by atoms with Gasteiger partial charge in [0.25, 0.3) is 0 Å². The zero-order chi connectivity index (χ0) is 22.9. The maximum absolute atomic E-state index is 12.6. The monoisotopic (exact) mass is 423 g/mol. The summed E-state index contributed by atoms with van der Waals surface area (Å²) in [6.07, 6.45) is 2.44. The molecule has 2 N–H and O–H groups in total. The van der Waals surface area contributed by atoms with Crippen LogP contribution in [-0.4, -0.2) is 55.9 Å². The van der Waals surface area contributed by atoms with Gasteiger partial charge in [-0.15, -0.1) is 0 Å². The lowest BCUT2D eigenvalue weighted by atomic mass is 9.94. The van der Waals surface area contributed by atoms with Crippen LogP contribution < -0.4 is 0 Å². The predicted molar refractivity (Wildman–Crippen MR) is 109 cm³/mol. The van der Waals surface area contributed by atoms with Crippen molar-refractivity contribution in [2.45, 2.75) is 77.9 Å². The highest BCUT2D eigenvalue weighted by Crippen LogP contribution is 2.56. The summed E-state index contributed by atoms with van der Waals surface area (Å²) in [5, 5.41) is 9.77. The largest absolute Gasteiger partial charge is 0.481 e. The highest BCUT2D eigenvalue weighted by molar-refractivity contribution is 5.88. The van der Waals surface area contributed by atoms with E-state index < -0.39 is 34.8 Å². The van der Waals surface area contributed by atoms with Crippen molar-refractivity contribution < 1.29 is 29.0 Å². The molecule has 0 aliphatic heterocycles. The SMILES string of the molecule is CC(CC1CC1(C(=O)O)c1cnc[nH]1)CN(C(=O)OC(C)(C)C)C(=O)OC(C)(C)C. The summed E-state index contributed by atoms with van der Waals surface area (Å²) < 4.78 is 10.7. The molecule has 3 unspecified atom stereocenters. The van der Waals surface area contributed by atoms with Crippen LogP contribution in [0.3, 0.4) is 0 Å². The Bertz CT molecular complexity index is 750. The Labute approximate surface area is 177 Å². The van der Waals surface area contributed by atoms with Gasteiger partial charge in [0.05, 0.1) is 12.0 Å². The van der Waals surface area contributed by atoms with Crippen LogP contribution in [0.4, 0.5) is 9.59 Å². The van der Waals surface area contributed by atoms with E-state index in [-0.39, 0.29) is 18.4 Å². The molecular formula is C21H33N3O6. The van der Waals surface area contributed by atoms with Gasteiger partial charge in [0.1, 0.15) is 16.6 Å². The Balaban J connectivity index is 2.10. The molecule has 1 heterocycles. The molecule has 0 radical (unpaired) electrons. The van der Waals surface area contributed by atoms with Crippen molar-refractivity contribution in [3.8, 4) is 0 Å². The summed E-state index contributed by atoms with van der Waals surface area (Å²) in [6, 6.07) is 0. The minimum atomic E-state index is -0.993.